The number of hydrogen-bond acceptors (Lipinski definition) is 5. The largest absolute Gasteiger partial charge is 0.379 e. The normalized spacial score (nSPS) is 31.2. The molecule has 0 aromatic carbocycles. The standard InChI is InChI=1S/C15H24N2O3/c1-11-14(12(2)20-16-11)8-17-6-4-5-15(10-17)7-13(18-3)9-19-15/h13H,4-10H2,1-3H3/t13-,15+/m0/s1. The summed E-state index contributed by atoms with van der Waals surface area (Å²) in [5.41, 5.74) is 2.23. The molecule has 3 rings (SSSR count). The Balaban J connectivity index is 1.67. The van der Waals surface area contributed by atoms with E-state index in [0.717, 1.165) is 50.5 Å². The van der Waals surface area contributed by atoms with Gasteiger partial charge in [-0.05, 0) is 33.2 Å². The molecule has 2 saturated heterocycles. The first kappa shape index (κ1) is 14.0. The molecule has 0 aliphatic carbocycles. The van der Waals surface area contributed by atoms with Gasteiger partial charge in [-0.15, -0.1) is 0 Å². The molecular formula is C15H24N2O3. The lowest BCUT2D eigenvalue weighted by molar-refractivity contribution is -0.0543. The van der Waals surface area contributed by atoms with Gasteiger partial charge in [0.05, 0.1) is 24.0 Å². The third-order valence-corrected chi connectivity index (χ3v) is 4.69. The van der Waals surface area contributed by atoms with Crippen molar-refractivity contribution in [2.75, 3.05) is 26.8 Å². The Morgan fingerprint density at radius 1 is 1.45 bits per heavy atom. The van der Waals surface area contributed by atoms with Crippen LogP contribution in [0.25, 0.3) is 0 Å². The quantitative estimate of drug-likeness (QED) is 0.848. The summed E-state index contributed by atoms with van der Waals surface area (Å²) in [6, 6.07) is 0. The SMILES string of the molecule is CO[C@@H]1CO[C@]2(CCCN(Cc3c(C)noc3C)C2)C1. The van der Waals surface area contributed by atoms with Crippen molar-refractivity contribution >= 4 is 0 Å². The molecule has 0 N–H and O–H groups in total. The van der Waals surface area contributed by atoms with Gasteiger partial charge >= 0.3 is 0 Å². The first-order valence-electron chi connectivity index (χ1n) is 7.43. The van der Waals surface area contributed by atoms with Gasteiger partial charge in [-0.1, -0.05) is 5.16 Å². The van der Waals surface area contributed by atoms with E-state index in [-0.39, 0.29) is 11.7 Å². The zero-order chi connectivity index (χ0) is 14.2. The number of methoxy groups -OCH3 is 1. The Morgan fingerprint density at radius 3 is 2.95 bits per heavy atom. The Labute approximate surface area is 120 Å². The van der Waals surface area contributed by atoms with Gasteiger partial charge in [-0.25, -0.2) is 0 Å². The summed E-state index contributed by atoms with van der Waals surface area (Å²) in [5, 5.41) is 4.04. The van der Waals surface area contributed by atoms with Gasteiger partial charge in [0.15, 0.2) is 0 Å². The molecule has 0 saturated carbocycles. The van der Waals surface area contributed by atoms with E-state index in [0.29, 0.717) is 0 Å². The molecule has 0 amide bonds. The molecule has 3 heterocycles. The van der Waals surface area contributed by atoms with Crippen molar-refractivity contribution in [3.63, 3.8) is 0 Å². The van der Waals surface area contributed by atoms with Crippen LogP contribution in [0.3, 0.4) is 0 Å². The number of aryl methyl sites for hydroxylation is 2. The fraction of sp³-hybridized carbons (Fsp3) is 0.800. The molecule has 1 aromatic heterocycles. The molecule has 0 radical (unpaired) electrons. The lowest BCUT2D eigenvalue weighted by atomic mass is 9.89. The van der Waals surface area contributed by atoms with Crippen LogP contribution in [0.2, 0.25) is 0 Å². The zero-order valence-electron chi connectivity index (χ0n) is 12.6. The Kier molecular flexibility index (Phi) is 3.84. The molecule has 2 aliphatic rings. The summed E-state index contributed by atoms with van der Waals surface area (Å²) in [6.07, 6.45) is 3.60. The fourth-order valence-electron chi connectivity index (χ4n) is 3.51. The predicted octanol–water partition coefficient (Wildman–Crippen LogP) is 2.06. The molecule has 1 aromatic rings. The maximum Gasteiger partial charge on any atom is 0.138 e. The minimum Gasteiger partial charge on any atom is -0.379 e. The first-order valence-corrected chi connectivity index (χ1v) is 7.43. The summed E-state index contributed by atoms with van der Waals surface area (Å²) in [4.78, 5) is 2.47. The molecule has 2 aliphatic heterocycles. The highest BCUT2D eigenvalue weighted by atomic mass is 16.6. The van der Waals surface area contributed by atoms with Crippen LogP contribution in [0, 0.1) is 13.8 Å². The van der Waals surface area contributed by atoms with Crippen LogP contribution in [-0.2, 0) is 16.0 Å². The van der Waals surface area contributed by atoms with Crippen LogP contribution in [0.1, 0.15) is 36.3 Å². The molecule has 5 heteroatoms. The minimum atomic E-state index is -0.00208. The molecule has 2 fully saturated rings. The highest BCUT2D eigenvalue weighted by molar-refractivity contribution is 5.20. The summed E-state index contributed by atoms with van der Waals surface area (Å²) in [5.74, 6) is 0.934. The first-order chi connectivity index (χ1) is 9.62. The lowest BCUT2D eigenvalue weighted by Gasteiger charge is -2.39. The molecule has 0 unspecified atom stereocenters. The van der Waals surface area contributed by atoms with Crippen LogP contribution >= 0.6 is 0 Å². The number of hydrogen-bond donors (Lipinski definition) is 0. The van der Waals surface area contributed by atoms with Gasteiger partial charge in [0.25, 0.3) is 0 Å². The topological polar surface area (TPSA) is 47.7 Å². The number of likely N-dealkylation sites (tertiary alicyclic amines) is 1. The Hall–Kier alpha value is -0.910. The second kappa shape index (κ2) is 5.47. The summed E-state index contributed by atoms with van der Waals surface area (Å²) in [7, 11) is 1.78. The maximum atomic E-state index is 6.09. The van der Waals surface area contributed by atoms with Crippen molar-refractivity contribution in [2.45, 2.75) is 51.4 Å². The molecular weight excluding hydrogens is 256 g/mol. The van der Waals surface area contributed by atoms with Crippen LogP contribution in [0.15, 0.2) is 4.52 Å². The summed E-state index contributed by atoms with van der Waals surface area (Å²) in [6.45, 7) is 7.74. The second-order valence-electron chi connectivity index (χ2n) is 6.17. The fourth-order valence-corrected chi connectivity index (χ4v) is 3.51. The van der Waals surface area contributed by atoms with E-state index >= 15 is 0 Å². The third kappa shape index (κ3) is 2.62. The van der Waals surface area contributed by atoms with Crippen molar-refractivity contribution in [3.05, 3.63) is 17.0 Å². The van der Waals surface area contributed by atoms with Gasteiger partial charge in [-0.2, -0.15) is 0 Å². The Morgan fingerprint density at radius 2 is 2.30 bits per heavy atom. The van der Waals surface area contributed by atoms with Gasteiger partial charge in [0.1, 0.15) is 5.76 Å². The average molecular weight is 280 g/mol. The van der Waals surface area contributed by atoms with Gasteiger partial charge < -0.3 is 14.0 Å². The van der Waals surface area contributed by atoms with Crippen molar-refractivity contribution in [1.29, 1.82) is 0 Å². The summed E-state index contributed by atoms with van der Waals surface area (Å²) < 4.78 is 16.8. The van der Waals surface area contributed by atoms with E-state index in [9.17, 15) is 0 Å². The van der Waals surface area contributed by atoms with Gasteiger partial charge in [0.2, 0.25) is 0 Å². The number of piperidine rings is 1. The highest BCUT2D eigenvalue weighted by Gasteiger charge is 2.43. The molecule has 112 valence electrons. The maximum absolute atomic E-state index is 6.09. The third-order valence-electron chi connectivity index (χ3n) is 4.69. The van der Waals surface area contributed by atoms with Crippen LogP contribution in [0.5, 0.6) is 0 Å². The van der Waals surface area contributed by atoms with Gasteiger partial charge in [0, 0.05) is 32.2 Å². The molecule has 2 atom stereocenters. The zero-order valence-corrected chi connectivity index (χ0v) is 12.6. The lowest BCUT2D eigenvalue weighted by Crippen LogP contribution is -2.47. The van der Waals surface area contributed by atoms with Crippen LogP contribution in [0.4, 0.5) is 0 Å². The number of aromatic nitrogens is 1. The van der Waals surface area contributed by atoms with Crippen molar-refractivity contribution in [1.82, 2.24) is 10.1 Å². The average Bonchev–Trinajstić information content (AvgIpc) is 2.97. The summed E-state index contributed by atoms with van der Waals surface area (Å²) >= 11 is 0. The molecule has 0 bridgehead atoms. The van der Waals surface area contributed by atoms with E-state index < -0.39 is 0 Å². The molecule has 20 heavy (non-hydrogen) atoms. The van der Waals surface area contributed by atoms with Crippen molar-refractivity contribution < 1.29 is 14.0 Å². The van der Waals surface area contributed by atoms with E-state index in [1.54, 1.807) is 7.11 Å². The van der Waals surface area contributed by atoms with E-state index in [1.807, 2.05) is 13.8 Å². The second-order valence-corrected chi connectivity index (χ2v) is 6.17. The van der Waals surface area contributed by atoms with Gasteiger partial charge in [-0.3, -0.25) is 4.90 Å². The van der Waals surface area contributed by atoms with E-state index in [2.05, 4.69) is 10.1 Å². The number of nitrogens with zero attached hydrogens (tertiary/aromatic N) is 2. The van der Waals surface area contributed by atoms with Crippen molar-refractivity contribution in [2.24, 2.45) is 0 Å². The van der Waals surface area contributed by atoms with Crippen molar-refractivity contribution in [3.8, 4) is 0 Å². The van der Waals surface area contributed by atoms with E-state index in [1.165, 1.54) is 12.0 Å². The van der Waals surface area contributed by atoms with Crippen LogP contribution in [-0.4, -0.2) is 48.6 Å². The molecule has 1 spiro atoms. The monoisotopic (exact) mass is 280 g/mol. The number of rotatable bonds is 3. The molecule has 5 nitrogen and oxygen atoms in total. The van der Waals surface area contributed by atoms with E-state index in [4.69, 9.17) is 14.0 Å². The Bertz CT molecular complexity index is 454. The van der Waals surface area contributed by atoms with Crippen LogP contribution < -0.4 is 0 Å². The predicted molar refractivity (Wildman–Crippen MR) is 74.6 cm³/mol. The minimum absolute atomic E-state index is 0.00208. The highest BCUT2D eigenvalue weighted by Crippen LogP contribution is 2.36. The number of ether oxygens (including phenoxy) is 2. The smallest absolute Gasteiger partial charge is 0.138 e.